The molecule has 3 rings (SSSR count). The fourth-order valence-electron chi connectivity index (χ4n) is 2.48. The lowest BCUT2D eigenvalue weighted by Crippen LogP contribution is -2.19. The second-order valence-corrected chi connectivity index (χ2v) is 5.32. The number of benzene rings is 1. The highest BCUT2D eigenvalue weighted by Crippen LogP contribution is 2.17. The molecule has 2 aromatic heterocycles. The van der Waals surface area contributed by atoms with Crippen LogP contribution in [0.15, 0.2) is 64.5 Å². The first kappa shape index (κ1) is 15.0. The summed E-state index contributed by atoms with van der Waals surface area (Å²) in [6, 6.07) is 15.2. The molecule has 5 nitrogen and oxygen atoms in total. The molecule has 23 heavy (non-hydrogen) atoms. The molecule has 0 aliphatic carbocycles. The number of rotatable bonds is 3. The van der Waals surface area contributed by atoms with E-state index in [4.69, 9.17) is 0 Å². The summed E-state index contributed by atoms with van der Waals surface area (Å²) >= 11 is 0. The SMILES string of the molecule is CC(=Nc1c(C)n(C)n(-c2ccccc2)c1=O)c1ccccn1. The second kappa shape index (κ2) is 6.04. The predicted octanol–water partition coefficient (Wildman–Crippen LogP) is 3.02. The summed E-state index contributed by atoms with van der Waals surface area (Å²) in [4.78, 5) is 21.6. The van der Waals surface area contributed by atoms with Gasteiger partial charge in [0.2, 0.25) is 0 Å². The number of pyridine rings is 1. The summed E-state index contributed by atoms with van der Waals surface area (Å²) in [5.41, 5.74) is 3.43. The van der Waals surface area contributed by atoms with Crippen LogP contribution in [0.25, 0.3) is 5.69 Å². The molecule has 0 unspecified atom stereocenters. The maximum atomic E-state index is 12.8. The van der Waals surface area contributed by atoms with Crippen LogP contribution in [0.2, 0.25) is 0 Å². The molecule has 0 aliphatic rings. The van der Waals surface area contributed by atoms with E-state index in [-0.39, 0.29) is 5.56 Å². The van der Waals surface area contributed by atoms with Crippen LogP contribution < -0.4 is 5.56 Å². The van der Waals surface area contributed by atoms with Crippen molar-refractivity contribution in [3.8, 4) is 5.69 Å². The van der Waals surface area contributed by atoms with E-state index < -0.39 is 0 Å². The first-order valence-electron chi connectivity index (χ1n) is 7.40. The van der Waals surface area contributed by atoms with Gasteiger partial charge < -0.3 is 0 Å². The minimum Gasteiger partial charge on any atom is -0.283 e. The maximum Gasteiger partial charge on any atom is 0.297 e. The Morgan fingerprint density at radius 3 is 2.43 bits per heavy atom. The fourth-order valence-corrected chi connectivity index (χ4v) is 2.48. The van der Waals surface area contributed by atoms with Crippen LogP contribution in [-0.2, 0) is 7.05 Å². The van der Waals surface area contributed by atoms with E-state index in [2.05, 4.69) is 9.98 Å². The average molecular weight is 306 g/mol. The largest absolute Gasteiger partial charge is 0.297 e. The van der Waals surface area contributed by atoms with Gasteiger partial charge in [0.15, 0.2) is 5.69 Å². The van der Waals surface area contributed by atoms with Gasteiger partial charge in [-0.25, -0.2) is 9.67 Å². The molecule has 0 amide bonds. The molecule has 0 spiro atoms. The maximum absolute atomic E-state index is 12.8. The van der Waals surface area contributed by atoms with Crippen molar-refractivity contribution in [3.05, 3.63) is 76.5 Å². The van der Waals surface area contributed by atoms with Crippen LogP contribution in [0.4, 0.5) is 5.69 Å². The number of nitrogens with zero attached hydrogens (tertiary/aromatic N) is 4. The van der Waals surface area contributed by atoms with Crippen molar-refractivity contribution in [2.24, 2.45) is 12.0 Å². The topological polar surface area (TPSA) is 52.2 Å². The summed E-state index contributed by atoms with van der Waals surface area (Å²) < 4.78 is 3.45. The van der Waals surface area contributed by atoms with Crippen LogP contribution in [0.1, 0.15) is 18.3 Å². The third-order valence-corrected chi connectivity index (χ3v) is 3.84. The van der Waals surface area contributed by atoms with Gasteiger partial charge in [0.1, 0.15) is 0 Å². The Hall–Kier alpha value is -2.95. The minimum absolute atomic E-state index is 0.133. The minimum atomic E-state index is -0.133. The molecule has 3 aromatic rings. The van der Waals surface area contributed by atoms with Crippen molar-refractivity contribution in [1.29, 1.82) is 0 Å². The molecule has 1 aromatic carbocycles. The highest BCUT2D eigenvalue weighted by Gasteiger charge is 2.16. The predicted molar refractivity (Wildman–Crippen MR) is 91.9 cm³/mol. The first-order chi connectivity index (χ1) is 11.1. The molecule has 0 saturated heterocycles. The Bertz CT molecular complexity index is 905. The molecule has 0 fully saturated rings. The van der Waals surface area contributed by atoms with Gasteiger partial charge in [-0.2, -0.15) is 0 Å². The van der Waals surface area contributed by atoms with Gasteiger partial charge in [-0.1, -0.05) is 24.3 Å². The summed E-state index contributed by atoms with van der Waals surface area (Å²) in [7, 11) is 1.86. The second-order valence-electron chi connectivity index (χ2n) is 5.32. The molecule has 0 radical (unpaired) electrons. The van der Waals surface area contributed by atoms with E-state index in [0.29, 0.717) is 5.69 Å². The first-order valence-corrected chi connectivity index (χ1v) is 7.40. The molecular weight excluding hydrogens is 288 g/mol. The Morgan fingerprint density at radius 2 is 1.78 bits per heavy atom. The molecule has 0 atom stereocenters. The number of hydrogen-bond acceptors (Lipinski definition) is 3. The molecule has 0 aliphatic heterocycles. The van der Waals surface area contributed by atoms with Crippen molar-refractivity contribution in [1.82, 2.24) is 14.3 Å². The zero-order valence-corrected chi connectivity index (χ0v) is 13.4. The van der Waals surface area contributed by atoms with Crippen molar-refractivity contribution >= 4 is 11.4 Å². The summed E-state index contributed by atoms with van der Waals surface area (Å²) in [6.07, 6.45) is 1.72. The van der Waals surface area contributed by atoms with Crippen LogP contribution in [0, 0.1) is 6.92 Å². The lowest BCUT2D eigenvalue weighted by molar-refractivity contribution is 0.630. The lowest BCUT2D eigenvalue weighted by Gasteiger charge is -2.07. The molecule has 0 N–H and O–H groups in total. The van der Waals surface area contributed by atoms with Gasteiger partial charge in [-0.05, 0) is 38.1 Å². The number of para-hydroxylation sites is 1. The average Bonchev–Trinajstić information content (AvgIpc) is 2.80. The Balaban J connectivity index is 2.14. The van der Waals surface area contributed by atoms with Gasteiger partial charge in [0.05, 0.1) is 22.8 Å². The third-order valence-electron chi connectivity index (χ3n) is 3.84. The molecule has 2 heterocycles. The third kappa shape index (κ3) is 2.73. The number of aromatic nitrogens is 3. The van der Waals surface area contributed by atoms with Crippen molar-refractivity contribution < 1.29 is 0 Å². The van der Waals surface area contributed by atoms with Gasteiger partial charge in [-0.15, -0.1) is 0 Å². The van der Waals surface area contributed by atoms with Crippen molar-refractivity contribution in [2.45, 2.75) is 13.8 Å². The van der Waals surface area contributed by atoms with Crippen LogP contribution >= 0.6 is 0 Å². The Morgan fingerprint density at radius 1 is 1.09 bits per heavy atom. The van der Waals surface area contributed by atoms with E-state index in [1.807, 2.05) is 74.1 Å². The standard InChI is InChI=1S/C18H18N4O/c1-13(16-11-7-8-12-19-16)20-17-14(2)21(3)22(18(17)23)15-9-5-4-6-10-15/h4-12H,1-3H3. The van der Waals surface area contributed by atoms with Gasteiger partial charge in [0, 0.05) is 13.2 Å². The summed E-state index contributed by atoms with van der Waals surface area (Å²) in [5.74, 6) is 0. The lowest BCUT2D eigenvalue weighted by atomic mass is 10.2. The Kier molecular flexibility index (Phi) is 3.93. The zero-order chi connectivity index (χ0) is 16.4. The summed E-state index contributed by atoms with van der Waals surface area (Å²) in [5, 5.41) is 0. The quantitative estimate of drug-likeness (QED) is 0.698. The normalized spacial score (nSPS) is 11.7. The highest BCUT2D eigenvalue weighted by atomic mass is 16.1. The summed E-state index contributed by atoms with van der Waals surface area (Å²) in [6.45, 7) is 3.76. The van der Waals surface area contributed by atoms with Crippen LogP contribution in [0.5, 0.6) is 0 Å². The monoisotopic (exact) mass is 306 g/mol. The molecular formula is C18H18N4O. The van der Waals surface area contributed by atoms with E-state index in [0.717, 1.165) is 22.8 Å². The van der Waals surface area contributed by atoms with Crippen molar-refractivity contribution in [2.75, 3.05) is 0 Å². The van der Waals surface area contributed by atoms with E-state index >= 15 is 0 Å². The fraction of sp³-hybridized carbons (Fsp3) is 0.167. The van der Waals surface area contributed by atoms with E-state index in [9.17, 15) is 4.79 Å². The van der Waals surface area contributed by atoms with Crippen LogP contribution in [-0.4, -0.2) is 20.1 Å². The number of hydrogen-bond donors (Lipinski definition) is 0. The Labute approximate surface area is 134 Å². The zero-order valence-electron chi connectivity index (χ0n) is 13.4. The van der Waals surface area contributed by atoms with Gasteiger partial charge in [0.25, 0.3) is 5.56 Å². The van der Waals surface area contributed by atoms with Gasteiger partial charge >= 0.3 is 0 Å². The highest BCUT2D eigenvalue weighted by molar-refractivity contribution is 5.98. The number of aliphatic imine (C=N–C) groups is 1. The van der Waals surface area contributed by atoms with E-state index in [1.165, 1.54) is 0 Å². The smallest absolute Gasteiger partial charge is 0.283 e. The van der Waals surface area contributed by atoms with E-state index in [1.54, 1.807) is 10.9 Å². The molecule has 5 heteroatoms. The molecule has 116 valence electrons. The van der Waals surface area contributed by atoms with Crippen LogP contribution in [0.3, 0.4) is 0 Å². The van der Waals surface area contributed by atoms with Crippen molar-refractivity contribution in [3.63, 3.8) is 0 Å². The van der Waals surface area contributed by atoms with Gasteiger partial charge in [-0.3, -0.25) is 14.5 Å². The molecule has 0 bridgehead atoms. The molecule has 0 saturated carbocycles.